The first-order valence-electron chi connectivity index (χ1n) is 7.18. The van der Waals surface area contributed by atoms with Gasteiger partial charge in [0, 0.05) is 30.7 Å². The SMILES string of the molecule is CCNc1cc(C(=O)NCCN(C)C)nc2ccccc12. The number of para-hydroxylation sites is 1. The lowest BCUT2D eigenvalue weighted by Gasteiger charge is -2.12. The Morgan fingerprint density at radius 3 is 2.76 bits per heavy atom. The lowest BCUT2D eigenvalue weighted by atomic mass is 10.1. The minimum Gasteiger partial charge on any atom is -0.385 e. The van der Waals surface area contributed by atoms with Crippen molar-refractivity contribution < 1.29 is 4.79 Å². The molecule has 0 radical (unpaired) electrons. The number of fused-ring (bicyclic) bond motifs is 1. The zero-order valence-electron chi connectivity index (χ0n) is 12.8. The van der Waals surface area contributed by atoms with E-state index >= 15 is 0 Å². The number of anilines is 1. The summed E-state index contributed by atoms with van der Waals surface area (Å²) in [5.41, 5.74) is 2.22. The summed E-state index contributed by atoms with van der Waals surface area (Å²) in [5, 5.41) is 7.22. The van der Waals surface area contributed by atoms with Gasteiger partial charge in [-0.2, -0.15) is 0 Å². The fourth-order valence-corrected chi connectivity index (χ4v) is 2.11. The van der Waals surface area contributed by atoms with Gasteiger partial charge in [-0.1, -0.05) is 18.2 Å². The van der Waals surface area contributed by atoms with Crippen LogP contribution < -0.4 is 10.6 Å². The minimum absolute atomic E-state index is 0.137. The Morgan fingerprint density at radius 2 is 2.05 bits per heavy atom. The molecule has 0 aliphatic heterocycles. The average Bonchev–Trinajstić information content (AvgIpc) is 2.47. The minimum atomic E-state index is -0.137. The Labute approximate surface area is 125 Å². The summed E-state index contributed by atoms with van der Waals surface area (Å²) in [6.45, 7) is 4.25. The Hall–Kier alpha value is -2.14. The molecule has 2 aromatic rings. The van der Waals surface area contributed by atoms with Gasteiger partial charge in [0.15, 0.2) is 0 Å². The largest absolute Gasteiger partial charge is 0.385 e. The third kappa shape index (κ3) is 3.92. The van der Waals surface area contributed by atoms with E-state index in [1.165, 1.54) is 0 Å². The van der Waals surface area contributed by atoms with Crippen molar-refractivity contribution in [3.63, 3.8) is 0 Å². The molecule has 2 rings (SSSR count). The normalized spacial score (nSPS) is 10.9. The second-order valence-corrected chi connectivity index (χ2v) is 5.16. The Balaban J connectivity index is 2.25. The third-order valence-electron chi connectivity index (χ3n) is 3.16. The van der Waals surface area contributed by atoms with Gasteiger partial charge in [0.1, 0.15) is 5.69 Å². The van der Waals surface area contributed by atoms with Gasteiger partial charge in [-0.3, -0.25) is 4.79 Å². The highest BCUT2D eigenvalue weighted by molar-refractivity contribution is 5.99. The standard InChI is InChI=1S/C16H22N4O/c1-4-17-14-11-15(16(21)18-9-10-20(2)3)19-13-8-6-5-7-12(13)14/h5-8,11H,4,9-10H2,1-3H3,(H,17,19)(H,18,21). The number of hydrogen-bond acceptors (Lipinski definition) is 4. The van der Waals surface area contributed by atoms with Gasteiger partial charge in [-0.25, -0.2) is 4.98 Å². The summed E-state index contributed by atoms with van der Waals surface area (Å²) < 4.78 is 0. The van der Waals surface area contributed by atoms with Crippen LogP contribution in [0.2, 0.25) is 0 Å². The van der Waals surface area contributed by atoms with Crippen molar-refractivity contribution in [3.05, 3.63) is 36.0 Å². The second kappa shape index (κ2) is 7.04. The molecule has 1 heterocycles. The Bertz CT molecular complexity index is 625. The summed E-state index contributed by atoms with van der Waals surface area (Å²) >= 11 is 0. The predicted molar refractivity (Wildman–Crippen MR) is 86.8 cm³/mol. The molecular formula is C16H22N4O. The molecule has 112 valence electrons. The number of amides is 1. The van der Waals surface area contributed by atoms with E-state index in [9.17, 15) is 4.79 Å². The van der Waals surface area contributed by atoms with Crippen LogP contribution >= 0.6 is 0 Å². The number of carbonyl (C=O) groups is 1. The average molecular weight is 286 g/mol. The van der Waals surface area contributed by atoms with Gasteiger partial charge in [0.25, 0.3) is 5.91 Å². The van der Waals surface area contributed by atoms with Crippen LogP contribution in [-0.4, -0.2) is 49.5 Å². The molecule has 5 nitrogen and oxygen atoms in total. The molecule has 2 N–H and O–H groups in total. The number of rotatable bonds is 6. The molecule has 1 aromatic heterocycles. The maximum Gasteiger partial charge on any atom is 0.270 e. The van der Waals surface area contributed by atoms with Crippen LogP contribution in [0, 0.1) is 0 Å². The maximum absolute atomic E-state index is 12.2. The fourth-order valence-electron chi connectivity index (χ4n) is 2.11. The number of benzene rings is 1. The highest BCUT2D eigenvalue weighted by Crippen LogP contribution is 2.22. The molecule has 0 saturated heterocycles. The predicted octanol–water partition coefficient (Wildman–Crippen LogP) is 1.96. The van der Waals surface area contributed by atoms with Gasteiger partial charge in [-0.05, 0) is 33.2 Å². The summed E-state index contributed by atoms with van der Waals surface area (Å²) in [4.78, 5) is 18.7. The van der Waals surface area contributed by atoms with Crippen LogP contribution in [0.25, 0.3) is 10.9 Å². The molecule has 5 heteroatoms. The van der Waals surface area contributed by atoms with Crippen molar-refractivity contribution in [1.82, 2.24) is 15.2 Å². The Kier molecular flexibility index (Phi) is 5.11. The molecule has 0 atom stereocenters. The van der Waals surface area contributed by atoms with Crippen molar-refractivity contribution >= 4 is 22.5 Å². The first kappa shape index (κ1) is 15.3. The van der Waals surface area contributed by atoms with Crippen LogP contribution in [0.15, 0.2) is 30.3 Å². The van der Waals surface area contributed by atoms with Gasteiger partial charge < -0.3 is 15.5 Å². The number of likely N-dealkylation sites (N-methyl/N-ethyl adjacent to an activating group) is 1. The van der Waals surface area contributed by atoms with Crippen molar-refractivity contribution in [2.45, 2.75) is 6.92 Å². The number of nitrogens with one attached hydrogen (secondary N) is 2. The zero-order chi connectivity index (χ0) is 15.2. The van der Waals surface area contributed by atoms with E-state index < -0.39 is 0 Å². The van der Waals surface area contributed by atoms with Crippen molar-refractivity contribution in [1.29, 1.82) is 0 Å². The van der Waals surface area contributed by atoms with E-state index in [1.54, 1.807) is 0 Å². The molecule has 0 unspecified atom stereocenters. The van der Waals surface area contributed by atoms with Gasteiger partial charge >= 0.3 is 0 Å². The molecule has 1 aromatic carbocycles. The molecule has 21 heavy (non-hydrogen) atoms. The summed E-state index contributed by atoms with van der Waals surface area (Å²) in [6.07, 6.45) is 0. The van der Waals surface area contributed by atoms with Crippen LogP contribution in [0.3, 0.4) is 0 Å². The Morgan fingerprint density at radius 1 is 1.29 bits per heavy atom. The molecular weight excluding hydrogens is 264 g/mol. The highest BCUT2D eigenvalue weighted by Gasteiger charge is 2.11. The lowest BCUT2D eigenvalue weighted by Crippen LogP contribution is -2.31. The van der Waals surface area contributed by atoms with E-state index in [0.717, 1.165) is 29.7 Å². The second-order valence-electron chi connectivity index (χ2n) is 5.16. The molecule has 1 amide bonds. The number of aromatic nitrogens is 1. The number of carbonyl (C=O) groups excluding carboxylic acids is 1. The van der Waals surface area contributed by atoms with E-state index in [2.05, 4.69) is 15.6 Å². The quantitative estimate of drug-likeness (QED) is 0.852. The van der Waals surface area contributed by atoms with E-state index in [0.29, 0.717) is 12.2 Å². The molecule has 0 fully saturated rings. The topological polar surface area (TPSA) is 57.3 Å². The summed E-state index contributed by atoms with van der Waals surface area (Å²) in [7, 11) is 3.95. The number of pyridine rings is 1. The number of hydrogen-bond donors (Lipinski definition) is 2. The molecule has 0 saturated carbocycles. The van der Waals surface area contributed by atoms with Crippen LogP contribution in [0.1, 0.15) is 17.4 Å². The van der Waals surface area contributed by atoms with Crippen molar-refractivity contribution in [2.75, 3.05) is 39.0 Å². The van der Waals surface area contributed by atoms with E-state index in [4.69, 9.17) is 0 Å². The first-order valence-corrected chi connectivity index (χ1v) is 7.18. The maximum atomic E-state index is 12.2. The summed E-state index contributed by atoms with van der Waals surface area (Å²) in [6, 6.07) is 9.65. The van der Waals surface area contributed by atoms with Gasteiger partial charge in [0.05, 0.1) is 5.52 Å². The highest BCUT2D eigenvalue weighted by atomic mass is 16.1. The molecule has 0 aliphatic rings. The fraction of sp³-hybridized carbons (Fsp3) is 0.375. The van der Waals surface area contributed by atoms with Gasteiger partial charge in [0.2, 0.25) is 0 Å². The van der Waals surface area contributed by atoms with Crippen LogP contribution in [-0.2, 0) is 0 Å². The third-order valence-corrected chi connectivity index (χ3v) is 3.16. The number of nitrogens with zero attached hydrogens (tertiary/aromatic N) is 2. The van der Waals surface area contributed by atoms with Crippen LogP contribution in [0.4, 0.5) is 5.69 Å². The summed E-state index contributed by atoms with van der Waals surface area (Å²) in [5.74, 6) is -0.137. The van der Waals surface area contributed by atoms with Crippen molar-refractivity contribution in [2.24, 2.45) is 0 Å². The monoisotopic (exact) mass is 286 g/mol. The molecule has 0 aliphatic carbocycles. The van der Waals surface area contributed by atoms with Crippen LogP contribution in [0.5, 0.6) is 0 Å². The smallest absolute Gasteiger partial charge is 0.270 e. The van der Waals surface area contributed by atoms with E-state index in [1.807, 2.05) is 56.3 Å². The lowest BCUT2D eigenvalue weighted by molar-refractivity contribution is 0.0946. The molecule has 0 bridgehead atoms. The van der Waals surface area contributed by atoms with Crippen molar-refractivity contribution in [3.8, 4) is 0 Å². The molecule has 0 spiro atoms. The first-order chi connectivity index (χ1) is 10.1. The zero-order valence-corrected chi connectivity index (χ0v) is 12.8. The van der Waals surface area contributed by atoms with E-state index in [-0.39, 0.29) is 5.91 Å². The van der Waals surface area contributed by atoms with Gasteiger partial charge in [-0.15, -0.1) is 0 Å².